The van der Waals surface area contributed by atoms with Crippen molar-refractivity contribution in [2.45, 2.75) is 0 Å². The molecule has 4 aromatic heterocycles. The second-order valence-corrected chi connectivity index (χ2v) is 13.6. The molecule has 0 unspecified atom stereocenters. The first-order valence-corrected chi connectivity index (χ1v) is 18.1. The summed E-state index contributed by atoms with van der Waals surface area (Å²) in [5.41, 5.74) is 7.61. The molecule has 8 aromatic rings. The zero-order valence-electron chi connectivity index (χ0n) is 27.7. The van der Waals surface area contributed by atoms with Gasteiger partial charge in [-0.2, -0.15) is 5.26 Å². The number of rotatable bonds is 1. The van der Waals surface area contributed by atoms with E-state index in [9.17, 15) is 4.39 Å². The van der Waals surface area contributed by atoms with Crippen molar-refractivity contribution in [2.75, 3.05) is 0 Å². The summed E-state index contributed by atoms with van der Waals surface area (Å²) in [6.45, 7) is 7.31. The zero-order chi connectivity index (χ0) is 37.0. The number of para-hydroxylation sites is 2. The van der Waals surface area contributed by atoms with Crippen molar-refractivity contribution in [2.24, 2.45) is 0 Å². The highest BCUT2D eigenvalue weighted by molar-refractivity contribution is 14.1. The molecule has 9 heteroatoms. The second kappa shape index (κ2) is 17.8. The first-order valence-electron chi connectivity index (χ1n) is 16.0. The minimum absolute atomic E-state index is 0.358. The van der Waals surface area contributed by atoms with Crippen molar-refractivity contribution >= 4 is 72.7 Å². The van der Waals surface area contributed by atoms with Gasteiger partial charge in [0.2, 0.25) is 0 Å². The van der Waals surface area contributed by atoms with E-state index in [-0.39, 0.29) is 5.82 Å². The summed E-state index contributed by atoms with van der Waals surface area (Å²) in [4.78, 5) is 15.2. The van der Waals surface area contributed by atoms with Crippen LogP contribution in [-0.2, 0) is 0 Å². The van der Waals surface area contributed by atoms with E-state index in [1.165, 1.54) is 12.1 Å². The van der Waals surface area contributed by atoms with E-state index in [2.05, 4.69) is 94.9 Å². The Hall–Kier alpha value is -6.25. The van der Waals surface area contributed by atoms with Crippen molar-refractivity contribution < 1.29 is 4.39 Å². The van der Waals surface area contributed by atoms with Crippen molar-refractivity contribution in [1.82, 2.24) is 19.5 Å². The molecule has 0 atom stereocenters. The summed E-state index contributed by atoms with van der Waals surface area (Å²) in [7, 11) is 0. The fraction of sp³-hybridized carbons (Fsp3) is 0. The third kappa shape index (κ3) is 9.75. The van der Waals surface area contributed by atoms with Crippen LogP contribution in [0.1, 0.15) is 28.1 Å². The molecular formula is C44H25FI2N6. The van der Waals surface area contributed by atoms with Gasteiger partial charge in [0.25, 0.3) is 0 Å². The molecule has 53 heavy (non-hydrogen) atoms. The fourth-order valence-electron chi connectivity index (χ4n) is 5.19. The van der Waals surface area contributed by atoms with Crippen LogP contribution in [-0.4, -0.2) is 19.5 Å². The molecule has 4 heterocycles. The first-order chi connectivity index (χ1) is 25.9. The van der Waals surface area contributed by atoms with Gasteiger partial charge in [-0.05, 0) is 130 Å². The molecule has 0 saturated heterocycles. The topological polar surface area (TPSA) is 74.7 Å². The number of aromatic nitrogens is 4. The van der Waals surface area contributed by atoms with Crippen molar-refractivity contribution in [3.8, 4) is 35.4 Å². The molecule has 0 saturated carbocycles. The maximum atomic E-state index is 12.5. The summed E-state index contributed by atoms with van der Waals surface area (Å²) < 4.78 is 16.3. The lowest BCUT2D eigenvalue weighted by Gasteiger charge is -2.07. The van der Waals surface area contributed by atoms with Gasteiger partial charge >= 0.3 is 0 Å². The number of aromatic amines is 1. The number of hydrogen-bond donors (Lipinski definition) is 1. The Labute approximate surface area is 333 Å². The molecule has 0 radical (unpaired) electrons. The monoisotopic (exact) mass is 910 g/mol. The number of fused-ring (bicyclic) bond motifs is 2. The van der Waals surface area contributed by atoms with E-state index in [1.54, 1.807) is 18.5 Å². The molecule has 252 valence electrons. The zero-order valence-corrected chi connectivity index (χ0v) is 32.0. The summed E-state index contributed by atoms with van der Waals surface area (Å²) in [5, 5.41) is 10.6. The summed E-state index contributed by atoms with van der Waals surface area (Å²) in [6.07, 6.45) is 7.45. The number of benzene rings is 4. The number of H-pyrrole nitrogens is 1. The lowest BCUT2D eigenvalue weighted by Crippen LogP contribution is -1.92. The maximum Gasteiger partial charge on any atom is 0.190 e. The van der Waals surface area contributed by atoms with Crippen LogP contribution in [0.5, 0.6) is 0 Å². The van der Waals surface area contributed by atoms with Gasteiger partial charge in [-0.3, -0.25) is 0 Å². The Morgan fingerprint density at radius 1 is 0.698 bits per heavy atom. The van der Waals surface area contributed by atoms with Gasteiger partial charge in [0, 0.05) is 53.9 Å². The molecule has 0 aliphatic carbocycles. The Morgan fingerprint density at radius 3 is 2.00 bits per heavy atom. The Balaban J connectivity index is 0.000000152. The number of nitriles is 1. The van der Waals surface area contributed by atoms with Crippen molar-refractivity contribution in [1.29, 1.82) is 5.26 Å². The van der Waals surface area contributed by atoms with E-state index in [0.29, 0.717) is 11.3 Å². The molecule has 0 aliphatic rings. The predicted molar refractivity (Wildman–Crippen MR) is 225 cm³/mol. The van der Waals surface area contributed by atoms with Gasteiger partial charge in [-0.15, -0.1) is 0 Å². The quantitative estimate of drug-likeness (QED) is 0.101. The predicted octanol–water partition coefficient (Wildman–Crippen LogP) is 10.8. The molecule has 1 N–H and O–H groups in total. The lowest BCUT2D eigenvalue weighted by atomic mass is 10.2. The molecule has 0 bridgehead atoms. The van der Waals surface area contributed by atoms with Crippen LogP contribution < -0.4 is 0 Å². The van der Waals surface area contributed by atoms with Gasteiger partial charge in [-0.25, -0.2) is 19.2 Å². The van der Waals surface area contributed by atoms with Gasteiger partial charge < -0.3 is 9.55 Å². The van der Waals surface area contributed by atoms with Gasteiger partial charge in [-0.1, -0.05) is 60.4 Å². The average molecular weight is 911 g/mol. The van der Waals surface area contributed by atoms with E-state index >= 15 is 0 Å². The molecule has 8 rings (SSSR count). The third-order valence-electron chi connectivity index (χ3n) is 7.55. The van der Waals surface area contributed by atoms with E-state index in [4.69, 9.17) is 11.8 Å². The van der Waals surface area contributed by atoms with Crippen LogP contribution in [0.2, 0.25) is 0 Å². The first kappa shape index (κ1) is 36.5. The molecule has 0 aliphatic heterocycles. The third-order valence-corrected chi connectivity index (χ3v) is 8.79. The maximum absolute atomic E-state index is 12.5. The van der Waals surface area contributed by atoms with E-state index in [0.717, 1.165) is 57.1 Å². The Bertz CT molecular complexity index is 2730. The number of pyridine rings is 2. The number of nitrogens with zero attached hydrogens (tertiary/aromatic N) is 5. The molecule has 0 spiro atoms. The highest BCUT2D eigenvalue weighted by Gasteiger charge is 2.10. The second-order valence-electron chi connectivity index (χ2n) is 11.2. The SMILES string of the molecule is C(#Cc1c[nH]c2ccccc12)c1ccccn1.N#Cc1cc(F)cc(I)c1.[C-]#[N+]c1cc(I)cc(-n2cc(C#Cc3ccccn3)c3ccccc32)c1. The van der Waals surface area contributed by atoms with Crippen LogP contribution in [0.3, 0.4) is 0 Å². The van der Waals surface area contributed by atoms with Gasteiger partial charge in [0.1, 0.15) is 17.2 Å². The molecule has 4 aromatic carbocycles. The average Bonchev–Trinajstić information content (AvgIpc) is 3.78. The highest BCUT2D eigenvalue weighted by Crippen LogP contribution is 2.28. The molecule has 0 amide bonds. The van der Waals surface area contributed by atoms with Gasteiger partial charge in [0.05, 0.1) is 34.8 Å². The standard InChI is InChI=1S/C22H12IN3.C15H10N2.C7H3FIN/c1-24-19-12-17(23)13-20(14-19)26-15-16(21-7-2-3-8-22(21)26)9-10-18-6-4-5-11-25-18;1-2-7-15-14(6-1)12(11-17-15)8-9-13-5-3-4-10-16-13;8-6-1-5(4-10)2-7(9)3-6/h2-8,11-15H;1-7,10-11,17H;1-3H. The summed E-state index contributed by atoms with van der Waals surface area (Å²) >= 11 is 4.21. The van der Waals surface area contributed by atoms with Crippen LogP contribution in [0.15, 0.2) is 146 Å². The lowest BCUT2D eigenvalue weighted by molar-refractivity contribution is 0.626. The number of halogens is 3. The normalized spacial score (nSPS) is 9.83. The summed E-state index contributed by atoms with van der Waals surface area (Å²) in [5.74, 6) is 12.2. The fourth-order valence-corrected chi connectivity index (χ4v) is 6.46. The molecule has 0 fully saturated rings. The van der Waals surface area contributed by atoms with Crippen LogP contribution in [0, 0.1) is 54.5 Å². The van der Waals surface area contributed by atoms with E-state index < -0.39 is 0 Å². The van der Waals surface area contributed by atoms with Crippen molar-refractivity contribution in [3.05, 3.63) is 199 Å². The summed E-state index contributed by atoms with van der Waals surface area (Å²) in [6, 6.07) is 39.6. The minimum Gasteiger partial charge on any atom is -0.360 e. The van der Waals surface area contributed by atoms with Crippen molar-refractivity contribution in [3.63, 3.8) is 0 Å². The van der Waals surface area contributed by atoms with Crippen LogP contribution >= 0.6 is 45.2 Å². The van der Waals surface area contributed by atoms with Gasteiger partial charge in [0.15, 0.2) is 5.69 Å². The highest BCUT2D eigenvalue weighted by atomic mass is 127. The number of nitrogens with one attached hydrogen (secondary N) is 1. The largest absolute Gasteiger partial charge is 0.360 e. The minimum atomic E-state index is -0.358. The Kier molecular flexibility index (Phi) is 12.3. The Morgan fingerprint density at radius 2 is 1.34 bits per heavy atom. The number of hydrogen-bond acceptors (Lipinski definition) is 3. The molecular weight excluding hydrogens is 885 g/mol. The molecule has 6 nitrogen and oxygen atoms in total. The van der Waals surface area contributed by atoms with Crippen LogP contribution in [0.25, 0.3) is 32.3 Å². The van der Waals surface area contributed by atoms with Crippen LogP contribution in [0.4, 0.5) is 10.1 Å². The smallest absolute Gasteiger partial charge is 0.190 e. The van der Waals surface area contributed by atoms with E-state index in [1.807, 2.05) is 120 Å².